The molecule has 0 amide bonds. The molecule has 0 aromatic carbocycles. The van der Waals surface area contributed by atoms with Gasteiger partial charge in [-0.1, -0.05) is 18.9 Å². The summed E-state index contributed by atoms with van der Waals surface area (Å²) in [5, 5.41) is 11.5. The summed E-state index contributed by atoms with van der Waals surface area (Å²) in [4.78, 5) is 2.12. The third-order valence-electron chi connectivity index (χ3n) is 3.17. The summed E-state index contributed by atoms with van der Waals surface area (Å²) >= 11 is 0. The van der Waals surface area contributed by atoms with Gasteiger partial charge in [0.15, 0.2) is 0 Å². The third-order valence-corrected chi connectivity index (χ3v) is 3.17. The standard InChI is InChI=1S/C13H24N4O2/c1-4-18-11-6-5-7-17(9-11)13-16-15-12(19-13)8-14-10(2)3/h10-11,14H,4-9H2,1-3H3. The number of hydrogen-bond donors (Lipinski definition) is 1. The van der Waals surface area contributed by atoms with Gasteiger partial charge in [0.25, 0.3) is 0 Å². The molecule has 2 heterocycles. The molecular weight excluding hydrogens is 244 g/mol. The first-order valence-electron chi connectivity index (χ1n) is 7.11. The van der Waals surface area contributed by atoms with Crippen LogP contribution in [0.15, 0.2) is 4.42 Å². The van der Waals surface area contributed by atoms with E-state index in [0.717, 1.165) is 32.5 Å². The molecular formula is C13H24N4O2. The zero-order valence-electron chi connectivity index (χ0n) is 12.1. The fourth-order valence-corrected chi connectivity index (χ4v) is 2.22. The van der Waals surface area contributed by atoms with Crippen molar-refractivity contribution < 1.29 is 9.15 Å². The van der Waals surface area contributed by atoms with Crippen LogP contribution in [0.3, 0.4) is 0 Å². The van der Waals surface area contributed by atoms with Crippen molar-refractivity contribution >= 4 is 6.01 Å². The number of piperidine rings is 1. The quantitative estimate of drug-likeness (QED) is 0.845. The van der Waals surface area contributed by atoms with Crippen LogP contribution in [0.1, 0.15) is 39.5 Å². The maximum absolute atomic E-state index is 5.69. The van der Waals surface area contributed by atoms with Gasteiger partial charge in [-0.25, -0.2) is 0 Å². The van der Waals surface area contributed by atoms with Crippen LogP contribution in [0.25, 0.3) is 0 Å². The summed E-state index contributed by atoms with van der Waals surface area (Å²) in [5.74, 6) is 0.641. The van der Waals surface area contributed by atoms with Crippen molar-refractivity contribution in [1.82, 2.24) is 15.5 Å². The Kier molecular flexibility index (Phi) is 5.15. The van der Waals surface area contributed by atoms with Crippen molar-refractivity contribution in [2.24, 2.45) is 0 Å². The monoisotopic (exact) mass is 268 g/mol. The van der Waals surface area contributed by atoms with Crippen LogP contribution in [0.2, 0.25) is 0 Å². The third kappa shape index (κ3) is 4.18. The predicted molar refractivity (Wildman–Crippen MR) is 73.1 cm³/mol. The molecule has 1 aromatic heterocycles. The summed E-state index contributed by atoms with van der Waals surface area (Å²) in [5.41, 5.74) is 0. The summed E-state index contributed by atoms with van der Waals surface area (Å²) in [7, 11) is 0. The number of rotatable bonds is 6. The van der Waals surface area contributed by atoms with Gasteiger partial charge < -0.3 is 19.4 Å². The van der Waals surface area contributed by atoms with E-state index in [0.29, 0.717) is 24.5 Å². The molecule has 1 unspecified atom stereocenters. The van der Waals surface area contributed by atoms with E-state index in [1.165, 1.54) is 0 Å². The van der Waals surface area contributed by atoms with Gasteiger partial charge in [-0.3, -0.25) is 0 Å². The average Bonchev–Trinajstić information content (AvgIpc) is 2.86. The zero-order valence-corrected chi connectivity index (χ0v) is 12.1. The van der Waals surface area contributed by atoms with Crippen LogP contribution >= 0.6 is 0 Å². The lowest BCUT2D eigenvalue weighted by atomic mass is 10.1. The highest BCUT2D eigenvalue weighted by atomic mass is 16.5. The van der Waals surface area contributed by atoms with Crippen LogP contribution < -0.4 is 10.2 Å². The maximum atomic E-state index is 5.69. The van der Waals surface area contributed by atoms with Crippen LogP contribution in [0, 0.1) is 0 Å². The number of hydrogen-bond acceptors (Lipinski definition) is 6. The predicted octanol–water partition coefficient (Wildman–Crippen LogP) is 1.57. The van der Waals surface area contributed by atoms with E-state index in [2.05, 4.69) is 34.3 Å². The Morgan fingerprint density at radius 3 is 3.05 bits per heavy atom. The zero-order chi connectivity index (χ0) is 13.7. The minimum Gasteiger partial charge on any atom is -0.407 e. The Balaban J connectivity index is 1.90. The molecule has 1 atom stereocenters. The Labute approximate surface area is 114 Å². The van der Waals surface area contributed by atoms with E-state index in [1.807, 2.05) is 6.92 Å². The molecule has 0 radical (unpaired) electrons. The normalized spacial score (nSPS) is 20.2. The highest BCUT2D eigenvalue weighted by Crippen LogP contribution is 2.20. The van der Waals surface area contributed by atoms with Gasteiger partial charge in [0.1, 0.15) is 0 Å². The lowest BCUT2D eigenvalue weighted by molar-refractivity contribution is 0.0516. The van der Waals surface area contributed by atoms with E-state index in [-0.39, 0.29) is 6.10 Å². The first-order valence-corrected chi connectivity index (χ1v) is 7.11. The minimum atomic E-state index is 0.280. The van der Waals surface area contributed by atoms with Crippen molar-refractivity contribution in [3.8, 4) is 0 Å². The fourth-order valence-electron chi connectivity index (χ4n) is 2.22. The molecule has 0 bridgehead atoms. The molecule has 1 N–H and O–H groups in total. The number of nitrogens with zero attached hydrogens (tertiary/aromatic N) is 3. The fraction of sp³-hybridized carbons (Fsp3) is 0.846. The average molecular weight is 268 g/mol. The van der Waals surface area contributed by atoms with Gasteiger partial charge in [-0.05, 0) is 19.8 Å². The van der Waals surface area contributed by atoms with E-state index < -0.39 is 0 Å². The molecule has 0 spiro atoms. The minimum absolute atomic E-state index is 0.280. The van der Waals surface area contributed by atoms with Crippen molar-refractivity contribution in [1.29, 1.82) is 0 Å². The van der Waals surface area contributed by atoms with Gasteiger partial charge in [-0.2, -0.15) is 0 Å². The second-order valence-electron chi connectivity index (χ2n) is 5.18. The Morgan fingerprint density at radius 1 is 1.47 bits per heavy atom. The smallest absolute Gasteiger partial charge is 0.318 e. The highest BCUT2D eigenvalue weighted by molar-refractivity contribution is 5.25. The largest absolute Gasteiger partial charge is 0.407 e. The lowest BCUT2D eigenvalue weighted by Crippen LogP contribution is -2.39. The molecule has 0 saturated carbocycles. The van der Waals surface area contributed by atoms with Gasteiger partial charge >= 0.3 is 6.01 Å². The molecule has 6 nitrogen and oxygen atoms in total. The second kappa shape index (κ2) is 6.86. The summed E-state index contributed by atoms with van der Waals surface area (Å²) in [6.07, 6.45) is 2.50. The van der Waals surface area contributed by atoms with Crippen molar-refractivity contribution in [2.45, 2.75) is 52.3 Å². The second-order valence-corrected chi connectivity index (χ2v) is 5.18. The summed E-state index contributed by atoms with van der Waals surface area (Å²) in [6, 6.07) is 1.03. The molecule has 6 heteroatoms. The maximum Gasteiger partial charge on any atom is 0.318 e. The van der Waals surface area contributed by atoms with Gasteiger partial charge in [-0.15, -0.1) is 5.10 Å². The van der Waals surface area contributed by atoms with E-state index >= 15 is 0 Å². The number of ether oxygens (including phenoxy) is 1. The molecule has 2 rings (SSSR count). The molecule has 1 aliphatic heterocycles. The van der Waals surface area contributed by atoms with Gasteiger partial charge in [0.05, 0.1) is 12.6 Å². The highest BCUT2D eigenvalue weighted by Gasteiger charge is 2.23. The van der Waals surface area contributed by atoms with Crippen LogP contribution in [0.5, 0.6) is 0 Å². The Bertz CT molecular complexity index is 378. The molecule has 1 saturated heterocycles. The van der Waals surface area contributed by atoms with Gasteiger partial charge in [0, 0.05) is 25.7 Å². The van der Waals surface area contributed by atoms with E-state index in [9.17, 15) is 0 Å². The number of aromatic nitrogens is 2. The molecule has 0 aliphatic carbocycles. The first-order chi connectivity index (χ1) is 9.19. The summed E-state index contributed by atoms with van der Waals surface area (Å²) < 4.78 is 11.4. The van der Waals surface area contributed by atoms with E-state index in [1.54, 1.807) is 0 Å². The number of nitrogens with one attached hydrogen (secondary N) is 1. The Hall–Kier alpha value is -1.14. The molecule has 108 valence electrons. The van der Waals surface area contributed by atoms with Crippen LogP contribution in [-0.4, -0.2) is 42.0 Å². The molecule has 19 heavy (non-hydrogen) atoms. The molecule has 1 aliphatic rings. The lowest BCUT2D eigenvalue weighted by Gasteiger charge is -2.30. The van der Waals surface area contributed by atoms with Crippen LogP contribution in [-0.2, 0) is 11.3 Å². The first kappa shape index (κ1) is 14.3. The Morgan fingerprint density at radius 2 is 2.32 bits per heavy atom. The van der Waals surface area contributed by atoms with Crippen molar-refractivity contribution in [3.05, 3.63) is 5.89 Å². The molecule has 1 aromatic rings. The van der Waals surface area contributed by atoms with Gasteiger partial charge in [0.2, 0.25) is 5.89 Å². The van der Waals surface area contributed by atoms with E-state index in [4.69, 9.17) is 9.15 Å². The van der Waals surface area contributed by atoms with Crippen molar-refractivity contribution in [2.75, 3.05) is 24.6 Å². The summed E-state index contributed by atoms with van der Waals surface area (Å²) in [6.45, 7) is 9.39. The number of anilines is 1. The molecule has 1 fully saturated rings. The topological polar surface area (TPSA) is 63.4 Å². The SMILES string of the molecule is CCOC1CCCN(c2nnc(CNC(C)C)o2)C1. The van der Waals surface area contributed by atoms with Crippen LogP contribution in [0.4, 0.5) is 6.01 Å². The van der Waals surface area contributed by atoms with Crippen molar-refractivity contribution in [3.63, 3.8) is 0 Å².